The number of hydrogen-bond acceptors (Lipinski definition) is 1. The summed E-state index contributed by atoms with van der Waals surface area (Å²) in [7, 11) is 0. The van der Waals surface area contributed by atoms with Gasteiger partial charge in [0.05, 0.1) is 0 Å². The molecule has 0 spiro atoms. The van der Waals surface area contributed by atoms with Gasteiger partial charge >= 0.3 is 0 Å². The molecule has 1 radical (unpaired) electrons. The van der Waals surface area contributed by atoms with Gasteiger partial charge in [-0.25, -0.2) is 5.32 Å². The van der Waals surface area contributed by atoms with E-state index < -0.39 is 0 Å². The molecule has 0 bridgehead atoms. The first-order valence-electron chi connectivity index (χ1n) is 7.68. The molecular formula is C17H25N2O. The average molecular weight is 273 g/mol. The van der Waals surface area contributed by atoms with E-state index in [1.54, 1.807) is 0 Å². The lowest BCUT2D eigenvalue weighted by Gasteiger charge is -2.20. The van der Waals surface area contributed by atoms with E-state index in [2.05, 4.69) is 36.6 Å². The maximum atomic E-state index is 11.9. The van der Waals surface area contributed by atoms with Crippen molar-refractivity contribution in [3.05, 3.63) is 29.8 Å². The van der Waals surface area contributed by atoms with Gasteiger partial charge in [0.15, 0.2) is 0 Å². The van der Waals surface area contributed by atoms with Crippen LogP contribution in [-0.2, 0) is 4.79 Å². The van der Waals surface area contributed by atoms with E-state index in [0.29, 0.717) is 18.3 Å². The van der Waals surface area contributed by atoms with Crippen molar-refractivity contribution in [2.75, 3.05) is 18.4 Å². The molecule has 1 aromatic carbocycles. The van der Waals surface area contributed by atoms with Gasteiger partial charge < -0.3 is 5.32 Å². The van der Waals surface area contributed by atoms with Gasteiger partial charge in [-0.05, 0) is 48.8 Å². The van der Waals surface area contributed by atoms with Crippen molar-refractivity contribution in [3.63, 3.8) is 0 Å². The van der Waals surface area contributed by atoms with E-state index in [0.717, 1.165) is 25.2 Å². The molecule has 1 aromatic rings. The number of benzene rings is 1. The topological polar surface area (TPSA) is 43.2 Å². The summed E-state index contributed by atoms with van der Waals surface area (Å²) in [6, 6.07) is 8.15. The molecule has 1 heterocycles. The molecule has 3 nitrogen and oxygen atoms in total. The van der Waals surface area contributed by atoms with Crippen molar-refractivity contribution in [3.8, 4) is 0 Å². The molecule has 1 saturated heterocycles. The van der Waals surface area contributed by atoms with Gasteiger partial charge in [-0.15, -0.1) is 0 Å². The molecule has 0 saturated carbocycles. The summed E-state index contributed by atoms with van der Waals surface area (Å²) in [6.07, 6.45) is 3.97. The van der Waals surface area contributed by atoms with Crippen LogP contribution in [0.25, 0.3) is 0 Å². The monoisotopic (exact) mass is 273 g/mol. The highest BCUT2D eigenvalue weighted by Gasteiger charge is 2.15. The van der Waals surface area contributed by atoms with Crippen molar-refractivity contribution < 1.29 is 4.79 Å². The second-order valence-corrected chi connectivity index (χ2v) is 6.00. The Morgan fingerprint density at radius 3 is 2.70 bits per heavy atom. The van der Waals surface area contributed by atoms with E-state index in [4.69, 9.17) is 0 Å². The minimum absolute atomic E-state index is 0.118. The minimum atomic E-state index is 0.118. The molecule has 2 rings (SSSR count). The average Bonchev–Trinajstić information content (AvgIpc) is 2.47. The third-order valence-electron chi connectivity index (χ3n) is 3.96. The van der Waals surface area contributed by atoms with Crippen LogP contribution in [0.1, 0.15) is 51.0 Å². The quantitative estimate of drug-likeness (QED) is 0.876. The number of hydrogen-bond donors (Lipinski definition) is 1. The van der Waals surface area contributed by atoms with Gasteiger partial charge in [-0.1, -0.05) is 26.0 Å². The molecule has 109 valence electrons. The van der Waals surface area contributed by atoms with E-state index in [1.165, 1.54) is 18.4 Å². The summed E-state index contributed by atoms with van der Waals surface area (Å²) in [5.74, 6) is 1.25. The molecular weight excluding hydrogens is 248 g/mol. The number of rotatable bonds is 5. The molecule has 1 fully saturated rings. The standard InChI is InChI=1S/C17H25N2O/c1-13(2)15-6-8-16(9-7-15)19-17(20)10-5-14-4-3-11-18-12-14/h6-9,13-14H,3-5,10-12H2,1-2H3,(H,19,20). The third-order valence-corrected chi connectivity index (χ3v) is 3.96. The highest BCUT2D eigenvalue weighted by atomic mass is 16.1. The number of amides is 1. The van der Waals surface area contributed by atoms with Crippen molar-refractivity contribution in [2.24, 2.45) is 5.92 Å². The first-order valence-corrected chi connectivity index (χ1v) is 7.68. The summed E-state index contributed by atoms with van der Waals surface area (Å²) >= 11 is 0. The summed E-state index contributed by atoms with van der Waals surface area (Å²) in [6.45, 7) is 6.28. The number of nitrogens with zero attached hydrogens (tertiary/aromatic N) is 1. The van der Waals surface area contributed by atoms with E-state index in [1.807, 2.05) is 12.1 Å². The molecule has 0 aliphatic carbocycles. The highest BCUT2D eigenvalue weighted by Crippen LogP contribution is 2.19. The van der Waals surface area contributed by atoms with Crippen LogP contribution >= 0.6 is 0 Å². The summed E-state index contributed by atoms with van der Waals surface area (Å²) < 4.78 is 0. The molecule has 20 heavy (non-hydrogen) atoms. The maximum Gasteiger partial charge on any atom is 0.224 e. The van der Waals surface area contributed by atoms with Gasteiger partial charge in [0, 0.05) is 25.2 Å². The minimum Gasteiger partial charge on any atom is -0.326 e. The number of carbonyl (C=O) groups excluding carboxylic acids is 1. The predicted molar refractivity (Wildman–Crippen MR) is 83.0 cm³/mol. The summed E-state index contributed by atoms with van der Waals surface area (Å²) in [5.41, 5.74) is 2.19. The Balaban J connectivity index is 1.75. The van der Waals surface area contributed by atoms with Crippen LogP contribution in [0.3, 0.4) is 0 Å². The van der Waals surface area contributed by atoms with Crippen LogP contribution < -0.4 is 10.6 Å². The van der Waals surface area contributed by atoms with Crippen molar-refractivity contribution >= 4 is 11.6 Å². The second kappa shape index (κ2) is 7.44. The Morgan fingerprint density at radius 2 is 2.10 bits per heavy atom. The molecule has 1 aliphatic rings. The fourth-order valence-corrected chi connectivity index (χ4v) is 2.60. The predicted octanol–water partition coefficient (Wildman–Crippen LogP) is 3.54. The Bertz CT molecular complexity index is 419. The van der Waals surface area contributed by atoms with Crippen LogP contribution in [0.15, 0.2) is 24.3 Å². The normalized spacial score (nSPS) is 19.1. The fourth-order valence-electron chi connectivity index (χ4n) is 2.60. The lowest BCUT2D eigenvalue weighted by atomic mass is 9.94. The van der Waals surface area contributed by atoms with Gasteiger partial charge in [-0.3, -0.25) is 4.79 Å². The van der Waals surface area contributed by atoms with Gasteiger partial charge in [-0.2, -0.15) is 0 Å². The first-order chi connectivity index (χ1) is 9.65. The number of piperidine rings is 1. The molecule has 3 heteroatoms. The van der Waals surface area contributed by atoms with Crippen LogP contribution in [0, 0.1) is 5.92 Å². The zero-order chi connectivity index (χ0) is 14.4. The van der Waals surface area contributed by atoms with Gasteiger partial charge in [0.2, 0.25) is 5.91 Å². The maximum absolute atomic E-state index is 11.9. The molecule has 1 atom stereocenters. The zero-order valence-corrected chi connectivity index (χ0v) is 12.6. The molecule has 1 unspecified atom stereocenters. The summed E-state index contributed by atoms with van der Waals surface area (Å²) in [5, 5.41) is 7.39. The second-order valence-electron chi connectivity index (χ2n) is 6.00. The van der Waals surface area contributed by atoms with Crippen LogP contribution in [0.5, 0.6) is 0 Å². The Morgan fingerprint density at radius 1 is 1.35 bits per heavy atom. The summed E-state index contributed by atoms with van der Waals surface area (Å²) in [4.78, 5) is 11.9. The highest BCUT2D eigenvalue weighted by molar-refractivity contribution is 5.90. The first kappa shape index (κ1) is 15.0. The smallest absolute Gasteiger partial charge is 0.224 e. The van der Waals surface area contributed by atoms with E-state index >= 15 is 0 Å². The third kappa shape index (κ3) is 4.64. The lowest BCUT2D eigenvalue weighted by Crippen LogP contribution is -2.25. The van der Waals surface area contributed by atoms with Crippen molar-refractivity contribution in [1.82, 2.24) is 5.32 Å². The fraction of sp³-hybridized carbons (Fsp3) is 0.588. The number of carbonyl (C=O) groups is 1. The molecule has 0 aromatic heterocycles. The SMILES string of the molecule is CC(C)c1ccc(NC(=O)CCC2CCC[N]C2)cc1. The van der Waals surface area contributed by atoms with Crippen LogP contribution in [-0.4, -0.2) is 19.0 Å². The lowest BCUT2D eigenvalue weighted by molar-refractivity contribution is -0.116. The van der Waals surface area contributed by atoms with E-state index in [9.17, 15) is 4.79 Å². The van der Waals surface area contributed by atoms with Crippen molar-refractivity contribution in [2.45, 2.75) is 45.4 Å². The molecule has 1 N–H and O–H groups in total. The van der Waals surface area contributed by atoms with Crippen LogP contribution in [0.4, 0.5) is 5.69 Å². The zero-order valence-electron chi connectivity index (χ0n) is 12.6. The Hall–Kier alpha value is -1.35. The molecule has 1 aliphatic heterocycles. The molecule has 1 amide bonds. The Labute approximate surface area is 122 Å². The number of anilines is 1. The Kier molecular flexibility index (Phi) is 5.60. The van der Waals surface area contributed by atoms with Gasteiger partial charge in [0.25, 0.3) is 0 Å². The van der Waals surface area contributed by atoms with Crippen molar-refractivity contribution in [1.29, 1.82) is 0 Å². The largest absolute Gasteiger partial charge is 0.326 e. The van der Waals surface area contributed by atoms with E-state index in [-0.39, 0.29) is 5.91 Å². The van der Waals surface area contributed by atoms with Gasteiger partial charge in [0.1, 0.15) is 0 Å². The number of nitrogens with one attached hydrogen (secondary N) is 1. The van der Waals surface area contributed by atoms with Crippen LogP contribution in [0.2, 0.25) is 0 Å².